The molecule has 0 unspecified atom stereocenters. The van der Waals surface area contributed by atoms with Crippen molar-refractivity contribution in [3.05, 3.63) is 63.9 Å². The van der Waals surface area contributed by atoms with Crippen molar-refractivity contribution in [2.75, 3.05) is 0 Å². The van der Waals surface area contributed by atoms with Crippen LogP contribution in [0.25, 0.3) is 11.3 Å². The zero-order valence-electron chi connectivity index (χ0n) is 12.5. The predicted molar refractivity (Wildman–Crippen MR) is 96.1 cm³/mol. The lowest BCUT2D eigenvalue weighted by atomic mass is 10.1. The summed E-state index contributed by atoms with van der Waals surface area (Å²) >= 11 is 10.7. The minimum atomic E-state index is -0.578. The summed E-state index contributed by atoms with van der Waals surface area (Å²) in [6.07, 6.45) is 2.88. The number of halogens is 2. The first kappa shape index (κ1) is 16.9. The van der Waals surface area contributed by atoms with E-state index < -0.39 is 11.4 Å². The fraction of sp³-hybridized carbons (Fsp3) is 0. The van der Waals surface area contributed by atoms with Crippen LogP contribution in [0.15, 0.2) is 57.7 Å². The topological polar surface area (TPSA) is 101 Å². The molecule has 3 rings (SSSR count). The van der Waals surface area contributed by atoms with Crippen LogP contribution in [-0.4, -0.2) is 19.9 Å². The number of benzene rings is 1. The first-order valence-corrected chi connectivity index (χ1v) is 7.67. The normalized spacial score (nSPS) is 11.1. The Morgan fingerprint density at radius 2 is 2.00 bits per heavy atom. The van der Waals surface area contributed by atoms with E-state index in [1.807, 2.05) is 0 Å². The minimum absolute atomic E-state index is 0.0283. The average Bonchev–Trinajstić information content (AvgIpc) is 2.91. The van der Waals surface area contributed by atoms with E-state index in [1.165, 1.54) is 42.7 Å². The number of thiocarbonyl (C=S) groups is 1. The molecular formula is C15H10ClFN6OS. The Kier molecular flexibility index (Phi) is 4.68. The number of azo groups is 1. The summed E-state index contributed by atoms with van der Waals surface area (Å²) in [6.45, 7) is 0. The maximum atomic E-state index is 13.1. The number of aromatic amines is 1. The van der Waals surface area contributed by atoms with Gasteiger partial charge < -0.3 is 5.73 Å². The van der Waals surface area contributed by atoms with Crippen LogP contribution >= 0.6 is 23.8 Å². The smallest absolute Gasteiger partial charge is 0.301 e. The number of hydrogen-bond donors (Lipinski definition) is 2. The zero-order valence-corrected chi connectivity index (χ0v) is 14.1. The molecule has 1 aromatic carbocycles. The minimum Gasteiger partial charge on any atom is -0.374 e. The van der Waals surface area contributed by atoms with Crippen LogP contribution in [0.2, 0.25) is 5.02 Å². The first-order valence-electron chi connectivity index (χ1n) is 6.89. The summed E-state index contributed by atoms with van der Waals surface area (Å²) in [6, 6.07) is 7.03. The standard InChI is InChI=1S/C15H10ClFN6OS/c16-9-5-11(7-19-6-9)20-21-13-12(8-1-3-10(17)4-2-8)22-23(14(13)24)15(18)25/h1-7,22H,(H2,18,25). The van der Waals surface area contributed by atoms with E-state index in [0.717, 1.165) is 4.68 Å². The van der Waals surface area contributed by atoms with Gasteiger partial charge in [0, 0.05) is 11.8 Å². The first-order chi connectivity index (χ1) is 12.0. The summed E-state index contributed by atoms with van der Waals surface area (Å²) in [5.41, 5.74) is 6.11. The molecule has 0 aliphatic carbocycles. The van der Waals surface area contributed by atoms with Gasteiger partial charge in [-0.3, -0.25) is 14.9 Å². The van der Waals surface area contributed by atoms with Crippen molar-refractivity contribution < 1.29 is 4.39 Å². The van der Waals surface area contributed by atoms with Crippen molar-refractivity contribution >= 4 is 40.3 Å². The third-order valence-electron chi connectivity index (χ3n) is 3.18. The van der Waals surface area contributed by atoms with Crippen molar-refractivity contribution in [2.24, 2.45) is 16.0 Å². The number of nitrogens with zero attached hydrogens (tertiary/aromatic N) is 4. The highest BCUT2D eigenvalue weighted by molar-refractivity contribution is 7.80. The van der Waals surface area contributed by atoms with E-state index in [4.69, 9.17) is 29.6 Å². The summed E-state index contributed by atoms with van der Waals surface area (Å²) in [7, 11) is 0. The molecule has 2 heterocycles. The van der Waals surface area contributed by atoms with Gasteiger partial charge in [0.15, 0.2) is 10.8 Å². The van der Waals surface area contributed by atoms with E-state index in [2.05, 4.69) is 20.3 Å². The molecule has 7 nitrogen and oxygen atoms in total. The molecular weight excluding hydrogens is 367 g/mol. The van der Waals surface area contributed by atoms with E-state index in [-0.39, 0.29) is 10.8 Å². The third kappa shape index (κ3) is 3.62. The average molecular weight is 377 g/mol. The zero-order chi connectivity index (χ0) is 18.0. The third-order valence-corrected chi connectivity index (χ3v) is 3.56. The second-order valence-corrected chi connectivity index (χ2v) is 5.74. The second-order valence-electron chi connectivity index (χ2n) is 4.88. The number of pyridine rings is 1. The molecule has 0 radical (unpaired) electrons. The molecule has 2 aromatic heterocycles. The fourth-order valence-corrected chi connectivity index (χ4v) is 2.35. The van der Waals surface area contributed by atoms with E-state index in [0.29, 0.717) is 22.0 Å². The van der Waals surface area contributed by atoms with Gasteiger partial charge in [-0.15, -0.1) is 10.2 Å². The maximum Gasteiger partial charge on any atom is 0.301 e. The fourth-order valence-electron chi connectivity index (χ4n) is 2.06. The van der Waals surface area contributed by atoms with E-state index in [9.17, 15) is 9.18 Å². The lowest BCUT2D eigenvalue weighted by molar-refractivity contribution is 0.628. The Morgan fingerprint density at radius 3 is 2.64 bits per heavy atom. The van der Waals surface area contributed by atoms with Crippen molar-refractivity contribution in [3.8, 4) is 11.3 Å². The van der Waals surface area contributed by atoms with Gasteiger partial charge in [0.1, 0.15) is 11.5 Å². The molecule has 0 spiro atoms. The van der Waals surface area contributed by atoms with Gasteiger partial charge >= 0.3 is 5.56 Å². The lowest BCUT2D eigenvalue weighted by Crippen LogP contribution is -2.29. The summed E-state index contributed by atoms with van der Waals surface area (Å²) in [5, 5.41) is 10.9. The van der Waals surface area contributed by atoms with Gasteiger partial charge in [-0.1, -0.05) is 11.6 Å². The number of hydrogen-bond acceptors (Lipinski definition) is 5. The van der Waals surface area contributed by atoms with E-state index in [1.54, 1.807) is 0 Å². The van der Waals surface area contributed by atoms with Gasteiger partial charge in [0.05, 0.1) is 16.9 Å². The highest BCUT2D eigenvalue weighted by Crippen LogP contribution is 2.27. The summed E-state index contributed by atoms with van der Waals surface area (Å²) < 4.78 is 14.1. The van der Waals surface area contributed by atoms with Crippen LogP contribution in [0.1, 0.15) is 0 Å². The molecule has 0 saturated carbocycles. The van der Waals surface area contributed by atoms with Crippen LogP contribution in [0.3, 0.4) is 0 Å². The Hall–Kier alpha value is -2.91. The van der Waals surface area contributed by atoms with Gasteiger partial charge in [0.25, 0.3) is 0 Å². The highest BCUT2D eigenvalue weighted by atomic mass is 35.5. The summed E-state index contributed by atoms with van der Waals surface area (Å²) in [4.78, 5) is 16.3. The number of rotatable bonds is 3. The molecule has 25 heavy (non-hydrogen) atoms. The molecule has 0 saturated heterocycles. The number of nitrogens with one attached hydrogen (secondary N) is 1. The Labute approximate surface area is 151 Å². The molecule has 10 heteroatoms. The van der Waals surface area contributed by atoms with Gasteiger partial charge in [-0.25, -0.2) is 4.39 Å². The number of H-pyrrole nitrogens is 1. The van der Waals surface area contributed by atoms with Crippen LogP contribution in [-0.2, 0) is 0 Å². The van der Waals surface area contributed by atoms with Crippen LogP contribution in [0, 0.1) is 5.82 Å². The molecule has 3 N–H and O–H groups in total. The number of aromatic nitrogens is 3. The highest BCUT2D eigenvalue weighted by Gasteiger charge is 2.17. The molecule has 126 valence electrons. The van der Waals surface area contributed by atoms with Crippen LogP contribution < -0.4 is 11.3 Å². The molecule has 0 bridgehead atoms. The molecule has 0 aliphatic rings. The van der Waals surface area contributed by atoms with Crippen molar-refractivity contribution in [3.63, 3.8) is 0 Å². The molecule has 0 amide bonds. The molecule has 3 aromatic rings. The van der Waals surface area contributed by atoms with Gasteiger partial charge in [-0.2, -0.15) is 4.68 Å². The maximum absolute atomic E-state index is 13.1. The largest absolute Gasteiger partial charge is 0.374 e. The van der Waals surface area contributed by atoms with Crippen molar-refractivity contribution in [1.82, 2.24) is 14.8 Å². The van der Waals surface area contributed by atoms with Crippen molar-refractivity contribution in [2.45, 2.75) is 0 Å². The Balaban J connectivity index is 2.12. The van der Waals surface area contributed by atoms with E-state index >= 15 is 0 Å². The SMILES string of the molecule is NC(=S)n1[nH]c(-c2ccc(F)cc2)c(N=Nc2cncc(Cl)c2)c1=O. The van der Waals surface area contributed by atoms with Gasteiger partial charge in [0.2, 0.25) is 0 Å². The Bertz CT molecular complexity index is 1030. The summed E-state index contributed by atoms with van der Waals surface area (Å²) in [5.74, 6) is -0.409. The van der Waals surface area contributed by atoms with Crippen molar-refractivity contribution in [1.29, 1.82) is 0 Å². The molecule has 0 fully saturated rings. The monoisotopic (exact) mass is 376 g/mol. The Morgan fingerprint density at radius 1 is 1.28 bits per heavy atom. The van der Waals surface area contributed by atoms with Gasteiger partial charge in [-0.05, 0) is 42.5 Å². The quantitative estimate of drug-likeness (QED) is 0.539. The number of nitrogens with two attached hydrogens (primary N) is 1. The van der Waals surface area contributed by atoms with Crippen LogP contribution in [0.4, 0.5) is 15.8 Å². The molecule has 0 atom stereocenters. The molecule has 0 aliphatic heterocycles. The second kappa shape index (κ2) is 6.91. The van der Waals surface area contributed by atoms with Crippen LogP contribution in [0.5, 0.6) is 0 Å². The lowest BCUT2D eigenvalue weighted by Gasteiger charge is -1.99. The predicted octanol–water partition coefficient (Wildman–Crippen LogP) is 3.54.